The van der Waals surface area contributed by atoms with Crippen molar-refractivity contribution in [1.29, 1.82) is 21.0 Å². The van der Waals surface area contributed by atoms with Crippen LogP contribution in [0.3, 0.4) is 0 Å². The van der Waals surface area contributed by atoms with E-state index in [0.717, 1.165) is 47.3 Å². The molecule has 5 rings (SSSR count). The summed E-state index contributed by atoms with van der Waals surface area (Å²) in [6, 6.07) is 20.9. The smallest absolute Gasteiger partial charge is 0.443 e. The Balaban J connectivity index is 0. The highest BCUT2D eigenvalue weighted by molar-refractivity contribution is 7.93. The van der Waals surface area contributed by atoms with Crippen LogP contribution in [-0.2, 0) is 18.8 Å². The summed E-state index contributed by atoms with van der Waals surface area (Å²) in [6.45, 7) is 38.2. The number of ether oxygens (including phenoxy) is 2. The van der Waals surface area contributed by atoms with E-state index in [0.29, 0.717) is 51.1 Å². The van der Waals surface area contributed by atoms with Crippen LogP contribution in [-0.4, -0.2) is 67.9 Å². The van der Waals surface area contributed by atoms with Crippen molar-refractivity contribution in [2.75, 3.05) is 28.4 Å². The van der Waals surface area contributed by atoms with Gasteiger partial charge in [-0.3, -0.25) is 0 Å². The van der Waals surface area contributed by atoms with Crippen LogP contribution in [0.5, 0.6) is 0 Å². The number of carbonyl (C=O) groups is 2. The Bertz CT molecular complexity index is 2820. The molecule has 2 atom stereocenters. The highest BCUT2D eigenvalue weighted by Crippen LogP contribution is 2.38. The summed E-state index contributed by atoms with van der Waals surface area (Å²) in [5, 5.41) is 35.5. The number of hydrogen-bond acceptors (Lipinski definition) is 18. The molecule has 0 aliphatic carbocycles. The molecule has 80 heavy (non-hydrogen) atoms. The van der Waals surface area contributed by atoms with E-state index in [1.807, 2.05) is 33.8 Å². The second-order valence-corrected chi connectivity index (χ2v) is 21.2. The molecule has 0 spiro atoms. The lowest BCUT2D eigenvalue weighted by Crippen LogP contribution is -2.44. The molecule has 5 heterocycles. The Morgan fingerprint density at radius 2 is 1.05 bits per heavy atom. The van der Waals surface area contributed by atoms with Gasteiger partial charge in [0.25, 0.3) is 0 Å². The second kappa shape index (κ2) is 34.7. The van der Waals surface area contributed by atoms with Crippen LogP contribution < -0.4 is 22.1 Å². The number of carbonyl (C=O) groups excluding carboxylic acids is 2. The van der Waals surface area contributed by atoms with E-state index in [2.05, 4.69) is 92.8 Å². The van der Waals surface area contributed by atoms with Crippen molar-refractivity contribution in [3.63, 3.8) is 0 Å². The second-order valence-electron chi connectivity index (χ2n) is 20.6. The maximum Gasteiger partial charge on any atom is 0.489 e. The van der Waals surface area contributed by atoms with Gasteiger partial charge in [-0.2, -0.15) is 29.8 Å². The Labute approximate surface area is 485 Å². The molecule has 2 unspecified atom stereocenters. The van der Waals surface area contributed by atoms with E-state index in [4.69, 9.17) is 63.4 Å². The predicted molar refractivity (Wildman–Crippen MR) is 323 cm³/mol. The third kappa shape index (κ3) is 24.8. The normalized spacial score (nSPS) is 13.1. The third-order valence-electron chi connectivity index (χ3n) is 11.5. The molecule has 22 heteroatoms. The SMILES string of the molecule is C.C=C(CC)B1OC(C)(C)C(C)(C)O1.C=C(CC)c1nc(N)ccc1C#N.CCC(C)c1nc(N(C(=O)OC(C)(C)C)C(=O)OC(C)(C)C)ccc1C#N.CCC(C)c1nc(N)ccc1C#N.CSF.N#Cc1ccc(N)nc1Cl. The van der Waals surface area contributed by atoms with E-state index in [1.165, 1.54) is 24.5 Å². The van der Waals surface area contributed by atoms with Crippen LogP contribution in [0.25, 0.3) is 5.57 Å². The molecule has 4 aromatic rings. The number of anilines is 4. The zero-order chi connectivity index (χ0) is 61.2. The fraction of sp³-hybridized carbons (Fsp3) is 0.483. The molecule has 0 saturated carbocycles. The van der Waals surface area contributed by atoms with Gasteiger partial charge < -0.3 is 36.0 Å². The number of aromatic nitrogens is 4. The Hall–Kier alpha value is -7.27. The van der Waals surface area contributed by atoms with Crippen LogP contribution in [0.4, 0.5) is 36.7 Å². The standard InChI is InChI=1S/C20H29N3O4.C10H19BO2.C10H13N3.C10H11N3.C6H4ClN3.CH3FS.CH4/c1-9-13(2)16-14(12-21)10-11-15(22-16)23(17(24)26-19(3,4)5)18(25)27-20(6,7)8;1-7-8(2)11-12-9(3,4)10(5,6)13-11;2*1-3-7(2)10-8(6-11)4-5-9(12)13-10;7-6-4(3-8)1-2-5(9)10-6;1-3-2;/h10-11,13H,9H2,1-8H3;2,7H2,1,3-6H3;4-5,7H,3H2,1-2H3,(H2,12,13);4-5H,2-3H2,1H3,(H2,12,13);1-2H,(H2,9,10);1H3;1H4. The lowest BCUT2D eigenvalue weighted by Gasteiger charge is -2.32. The number of nitrogens with two attached hydrogens (primary N) is 3. The van der Waals surface area contributed by atoms with Gasteiger partial charge in [-0.05, 0) is 166 Å². The molecule has 1 saturated heterocycles. The summed E-state index contributed by atoms with van der Waals surface area (Å²) in [5.74, 6) is 1.56. The van der Waals surface area contributed by atoms with Crippen molar-refractivity contribution in [1.82, 2.24) is 19.9 Å². The van der Waals surface area contributed by atoms with Gasteiger partial charge in [-0.25, -0.2) is 29.5 Å². The van der Waals surface area contributed by atoms with Gasteiger partial charge in [-0.15, -0.1) is 6.58 Å². The van der Waals surface area contributed by atoms with Crippen molar-refractivity contribution in [2.24, 2.45) is 0 Å². The lowest BCUT2D eigenvalue weighted by atomic mass is 9.78. The van der Waals surface area contributed by atoms with Gasteiger partial charge in [0.15, 0.2) is 0 Å². The summed E-state index contributed by atoms with van der Waals surface area (Å²) < 4.78 is 32.5. The van der Waals surface area contributed by atoms with Crippen molar-refractivity contribution < 1.29 is 32.3 Å². The molecule has 0 radical (unpaired) electrons. The quantitative estimate of drug-likeness (QED) is 0.104. The summed E-state index contributed by atoms with van der Waals surface area (Å²) in [7, 11) is -0.227. The van der Waals surface area contributed by atoms with Gasteiger partial charge in [0.05, 0.1) is 50.5 Å². The fourth-order valence-electron chi connectivity index (χ4n) is 5.99. The molecule has 0 bridgehead atoms. The number of amides is 2. The van der Waals surface area contributed by atoms with E-state index >= 15 is 0 Å². The summed E-state index contributed by atoms with van der Waals surface area (Å²) in [4.78, 5) is 42.5. The van der Waals surface area contributed by atoms with Crippen LogP contribution in [0.2, 0.25) is 5.15 Å². The molecule has 0 aromatic carbocycles. The number of nitrogen functional groups attached to an aromatic ring is 3. The van der Waals surface area contributed by atoms with Crippen molar-refractivity contribution in [2.45, 2.75) is 178 Å². The largest absolute Gasteiger partial charge is 0.489 e. The maximum atomic E-state index is 12.7. The summed E-state index contributed by atoms with van der Waals surface area (Å²) >= 11 is 5.77. The van der Waals surface area contributed by atoms with Gasteiger partial charge in [0.2, 0.25) is 0 Å². The van der Waals surface area contributed by atoms with Gasteiger partial charge in [-0.1, -0.05) is 67.1 Å². The minimum Gasteiger partial charge on any atom is -0.443 e. The van der Waals surface area contributed by atoms with E-state index in [1.54, 1.807) is 71.9 Å². The molecule has 18 nitrogen and oxygen atoms in total. The topological polar surface area (TPSA) is 299 Å². The zero-order valence-electron chi connectivity index (χ0n) is 49.0. The number of pyridine rings is 4. The number of hydrogen-bond donors (Lipinski definition) is 3. The lowest BCUT2D eigenvalue weighted by molar-refractivity contribution is 0.00578. The minimum absolute atomic E-state index is 0. The first kappa shape index (κ1) is 74.8. The predicted octanol–water partition coefficient (Wildman–Crippen LogP) is 14.8. The number of nitrogens with zero attached hydrogens (tertiary/aromatic N) is 9. The van der Waals surface area contributed by atoms with E-state index < -0.39 is 23.4 Å². The average Bonchev–Trinajstić information content (AvgIpc) is 3.60. The van der Waals surface area contributed by atoms with Gasteiger partial charge in [0.1, 0.15) is 63.9 Å². The molecule has 6 N–H and O–H groups in total. The monoisotopic (exact) mass is 1140 g/mol. The molecule has 434 valence electrons. The maximum absolute atomic E-state index is 12.7. The first-order chi connectivity index (χ1) is 36.6. The summed E-state index contributed by atoms with van der Waals surface area (Å²) in [5.41, 5.74) is 20.0. The van der Waals surface area contributed by atoms with Gasteiger partial charge >= 0.3 is 19.3 Å². The number of imide groups is 1. The van der Waals surface area contributed by atoms with Crippen LogP contribution in [0, 0.1) is 45.3 Å². The first-order valence-electron chi connectivity index (χ1n) is 25.3. The molecule has 1 aliphatic heterocycles. The molecule has 4 aromatic heterocycles. The Kier molecular flexibility index (Phi) is 32.4. The number of allylic oxidation sites excluding steroid dienone is 2. The third-order valence-corrected chi connectivity index (χ3v) is 11.8. The summed E-state index contributed by atoms with van der Waals surface area (Å²) in [6.07, 6.45) is 2.99. The average molecular weight is 1140 g/mol. The van der Waals surface area contributed by atoms with Crippen LogP contribution in [0.15, 0.2) is 67.2 Å². The Morgan fingerprint density at radius 3 is 1.41 bits per heavy atom. The van der Waals surface area contributed by atoms with E-state index in [-0.39, 0.29) is 60.7 Å². The van der Waals surface area contributed by atoms with Crippen molar-refractivity contribution in [3.05, 3.63) is 112 Å². The number of nitriles is 4. The van der Waals surface area contributed by atoms with Crippen LogP contribution in [0.1, 0.15) is 195 Å². The molecular weight excluding hydrogens is 1060 g/mol. The number of rotatable bonds is 9. The zero-order valence-corrected chi connectivity index (χ0v) is 50.5. The Morgan fingerprint density at radius 1 is 0.688 bits per heavy atom. The molecule has 1 aliphatic rings. The molecular formula is C58H83BClFN12O6S. The highest BCUT2D eigenvalue weighted by Gasteiger charge is 2.51. The van der Waals surface area contributed by atoms with Crippen LogP contribution >= 0.6 is 23.7 Å². The number of halogens is 2. The molecule has 2 amide bonds. The first-order valence-corrected chi connectivity index (χ1v) is 26.8. The van der Waals surface area contributed by atoms with E-state index in [9.17, 15) is 18.7 Å². The fourth-order valence-corrected chi connectivity index (χ4v) is 6.20. The molecule has 1 fully saturated rings. The van der Waals surface area contributed by atoms with Crippen molar-refractivity contribution >= 4 is 71.9 Å². The highest BCUT2D eigenvalue weighted by atomic mass is 35.5. The minimum atomic E-state index is -0.885. The van der Waals surface area contributed by atoms with Gasteiger partial charge in [0, 0.05) is 18.4 Å². The van der Waals surface area contributed by atoms with Crippen molar-refractivity contribution in [3.8, 4) is 24.3 Å².